The zero-order valence-electron chi connectivity index (χ0n) is 11.6. The summed E-state index contributed by atoms with van der Waals surface area (Å²) in [5.74, 6) is 0. The molecule has 3 rings (SSSR count). The van der Waals surface area contributed by atoms with Crippen LogP contribution in [0.1, 0.15) is 5.56 Å². The molecule has 0 amide bonds. The zero-order valence-corrected chi connectivity index (χ0v) is 12.4. The summed E-state index contributed by atoms with van der Waals surface area (Å²) in [5, 5.41) is 1.83. The van der Waals surface area contributed by atoms with Crippen molar-refractivity contribution in [3.63, 3.8) is 0 Å². The number of nitrogen functional groups attached to an aromatic ring is 2. The van der Waals surface area contributed by atoms with Crippen LogP contribution in [0, 0.1) is 0 Å². The normalized spacial score (nSPS) is 11.6. The maximum absolute atomic E-state index is 13.3. The average molecular weight is 336 g/mol. The van der Waals surface area contributed by atoms with Crippen molar-refractivity contribution in [1.29, 1.82) is 0 Å². The molecule has 0 saturated heterocycles. The standard InChI is InChI=1S/C15H11F3N4S/c16-15(17,18)13-10(20)4-3-9(19)12(13)14-22-11(7-23-14)8-2-1-5-21-6-8/h1-7H,19-20H2. The molecule has 118 valence electrons. The fourth-order valence-corrected chi connectivity index (χ4v) is 3.11. The predicted octanol–water partition coefficient (Wildman–Crippen LogP) is 4.06. The molecule has 0 unspecified atom stereocenters. The average Bonchev–Trinajstić information content (AvgIpc) is 2.98. The van der Waals surface area contributed by atoms with Crippen molar-refractivity contribution in [2.45, 2.75) is 6.18 Å². The maximum atomic E-state index is 13.3. The first kappa shape index (κ1) is 15.3. The lowest BCUT2D eigenvalue weighted by Crippen LogP contribution is -2.12. The van der Waals surface area contributed by atoms with E-state index in [-0.39, 0.29) is 21.9 Å². The van der Waals surface area contributed by atoms with Gasteiger partial charge in [-0.2, -0.15) is 13.2 Å². The molecular formula is C15H11F3N4S. The molecule has 2 heterocycles. The second-order valence-electron chi connectivity index (χ2n) is 4.77. The zero-order chi connectivity index (χ0) is 16.6. The fourth-order valence-electron chi connectivity index (χ4n) is 2.21. The summed E-state index contributed by atoms with van der Waals surface area (Å²) in [5.41, 5.74) is 11.0. The number of nitrogens with zero attached hydrogens (tertiary/aromatic N) is 2. The molecule has 0 spiro atoms. The van der Waals surface area contributed by atoms with Crippen molar-refractivity contribution in [3.05, 3.63) is 47.6 Å². The van der Waals surface area contributed by atoms with Crippen LogP contribution in [0.5, 0.6) is 0 Å². The van der Waals surface area contributed by atoms with Crippen LogP contribution in [-0.4, -0.2) is 9.97 Å². The van der Waals surface area contributed by atoms with Gasteiger partial charge >= 0.3 is 6.18 Å². The van der Waals surface area contributed by atoms with Crippen LogP contribution in [0.3, 0.4) is 0 Å². The van der Waals surface area contributed by atoms with Crippen molar-refractivity contribution in [2.75, 3.05) is 11.5 Å². The first-order valence-electron chi connectivity index (χ1n) is 6.49. The highest BCUT2D eigenvalue weighted by Crippen LogP contribution is 2.44. The highest BCUT2D eigenvalue weighted by molar-refractivity contribution is 7.13. The molecule has 0 saturated carbocycles. The summed E-state index contributed by atoms with van der Waals surface area (Å²) >= 11 is 1.08. The monoisotopic (exact) mass is 336 g/mol. The molecule has 4 nitrogen and oxygen atoms in total. The van der Waals surface area contributed by atoms with Crippen molar-refractivity contribution >= 4 is 22.7 Å². The number of benzene rings is 1. The lowest BCUT2D eigenvalue weighted by atomic mass is 10.0. The Morgan fingerprint density at radius 1 is 1.04 bits per heavy atom. The van der Waals surface area contributed by atoms with Gasteiger partial charge in [0, 0.05) is 40.3 Å². The summed E-state index contributed by atoms with van der Waals surface area (Å²) in [6, 6.07) is 6.01. The van der Waals surface area contributed by atoms with Crippen LogP contribution in [0.15, 0.2) is 42.0 Å². The Morgan fingerprint density at radius 2 is 1.78 bits per heavy atom. The van der Waals surface area contributed by atoms with Gasteiger partial charge in [-0.25, -0.2) is 4.98 Å². The van der Waals surface area contributed by atoms with E-state index < -0.39 is 11.7 Å². The molecule has 0 radical (unpaired) electrons. The molecule has 0 bridgehead atoms. The van der Waals surface area contributed by atoms with Gasteiger partial charge in [-0.1, -0.05) is 0 Å². The number of anilines is 2. The quantitative estimate of drug-likeness (QED) is 0.692. The predicted molar refractivity (Wildman–Crippen MR) is 84.6 cm³/mol. The SMILES string of the molecule is Nc1ccc(N)c(C(F)(F)F)c1-c1nc(-c2cccnc2)cs1. The van der Waals surface area contributed by atoms with Crippen LogP contribution in [0.25, 0.3) is 21.8 Å². The third kappa shape index (κ3) is 2.85. The highest BCUT2D eigenvalue weighted by Gasteiger charge is 2.37. The smallest absolute Gasteiger partial charge is 0.398 e. The van der Waals surface area contributed by atoms with E-state index in [9.17, 15) is 13.2 Å². The third-order valence-corrected chi connectivity index (χ3v) is 4.09. The Hall–Kier alpha value is -2.61. The number of nitrogens with two attached hydrogens (primary N) is 2. The number of aromatic nitrogens is 2. The number of hydrogen-bond acceptors (Lipinski definition) is 5. The molecule has 23 heavy (non-hydrogen) atoms. The van der Waals surface area contributed by atoms with Gasteiger partial charge in [0.15, 0.2) is 0 Å². The molecule has 0 aliphatic carbocycles. The summed E-state index contributed by atoms with van der Waals surface area (Å²) in [4.78, 5) is 8.24. The van der Waals surface area contributed by atoms with Crippen LogP contribution in [0.2, 0.25) is 0 Å². The first-order chi connectivity index (χ1) is 10.9. The highest BCUT2D eigenvalue weighted by atomic mass is 32.1. The minimum atomic E-state index is -4.62. The maximum Gasteiger partial charge on any atom is 0.419 e. The number of thiazole rings is 1. The number of alkyl halides is 3. The molecule has 0 atom stereocenters. The van der Waals surface area contributed by atoms with Gasteiger partial charge in [0.25, 0.3) is 0 Å². The van der Waals surface area contributed by atoms with E-state index in [0.717, 1.165) is 17.4 Å². The minimum Gasteiger partial charge on any atom is -0.398 e. The summed E-state index contributed by atoms with van der Waals surface area (Å²) in [6.07, 6.45) is -1.42. The Kier molecular flexibility index (Phi) is 3.69. The van der Waals surface area contributed by atoms with Crippen LogP contribution in [-0.2, 0) is 6.18 Å². The van der Waals surface area contributed by atoms with Gasteiger partial charge in [-0.3, -0.25) is 4.98 Å². The van der Waals surface area contributed by atoms with E-state index in [0.29, 0.717) is 11.3 Å². The van der Waals surface area contributed by atoms with Crippen molar-refractivity contribution in [1.82, 2.24) is 9.97 Å². The second-order valence-corrected chi connectivity index (χ2v) is 5.63. The topological polar surface area (TPSA) is 77.8 Å². The summed E-state index contributed by atoms with van der Waals surface area (Å²) in [7, 11) is 0. The second kappa shape index (κ2) is 5.54. The van der Waals surface area contributed by atoms with Gasteiger partial charge in [0.1, 0.15) is 5.01 Å². The van der Waals surface area contributed by atoms with Gasteiger partial charge in [0.05, 0.1) is 11.3 Å². The molecule has 4 N–H and O–H groups in total. The number of rotatable bonds is 2. The van der Waals surface area contributed by atoms with E-state index in [4.69, 9.17) is 11.5 Å². The fraction of sp³-hybridized carbons (Fsp3) is 0.0667. The lowest BCUT2D eigenvalue weighted by molar-refractivity contribution is -0.136. The molecule has 0 aliphatic heterocycles. The van der Waals surface area contributed by atoms with E-state index in [1.165, 1.54) is 6.07 Å². The number of halogens is 3. The van der Waals surface area contributed by atoms with Crippen LogP contribution < -0.4 is 11.5 Å². The molecule has 8 heteroatoms. The van der Waals surface area contributed by atoms with E-state index in [1.807, 2.05) is 0 Å². The van der Waals surface area contributed by atoms with Gasteiger partial charge in [0.2, 0.25) is 0 Å². The summed E-state index contributed by atoms with van der Waals surface area (Å²) < 4.78 is 40.0. The first-order valence-corrected chi connectivity index (χ1v) is 7.37. The van der Waals surface area contributed by atoms with Crippen molar-refractivity contribution < 1.29 is 13.2 Å². The Balaban J connectivity index is 2.17. The molecular weight excluding hydrogens is 325 g/mol. The summed E-state index contributed by atoms with van der Waals surface area (Å²) in [6.45, 7) is 0. The minimum absolute atomic E-state index is 0.0152. The number of hydrogen-bond donors (Lipinski definition) is 2. The van der Waals surface area contributed by atoms with E-state index in [1.54, 1.807) is 29.9 Å². The largest absolute Gasteiger partial charge is 0.419 e. The van der Waals surface area contributed by atoms with Crippen molar-refractivity contribution in [2.24, 2.45) is 0 Å². The molecule has 1 aromatic carbocycles. The molecule has 0 fully saturated rings. The molecule has 3 aromatic rings. The molecule has 2 aromatic heterocycles. The third-order valence-electron chi connectivity index (χ3n) is 3.23. The van der Waals surface area contributed by atoms with Crippen LogP contribution >= 0.6 is 11.3 Å². The molecule has 0 aliphatic rings. The lowest BCUT2D eigenvalue weighted by Gasteiger charge is -2.15. The van der Waals surface area contributed by atoms with Gasteiger partial charge in [-0.05, 0) is 24.3 Å². The van der Waals surface area contributed by atoms with Gasteiger partial charge in [-0.15, -0.1) is 11.3 Å². The Morgan fingerprint density at radius 3 is 2.43 bits per heavy atom. The Bertz CT molecular complexity index is 844. The van der Waals surface area contributed by atoms with E-state index in [2.05, 4.69) is 9.97 Å². The Labute approximate surface area is 133 Å². The van der Waals surface area contributed by atoms with Crippen molar-refractivity contribution in [3.8, 4) is 21.8 Å². The number of pyridine rings is 1. The van der Waals surface area contributed by atoms with Crippen LogP contribution in [0.4, 0.5) is 24.5 Å². The van der Waals surface area contributed by atoms with Gasteiger partial charge < -0.3 is 11.5 Å². The van der Waals surface area contributed by atoms with E-state index >= 15 is 0 Å².